The lowest BCUT2D eigenvalue weighted by Gasteiger charge is -2.29. The molecule has 116 valence electrons. The van der Waals surface area contributed by atoms with Crippen molar-refractivity contribution >= 4 is 17.6 Å². The van der Waals surface area contributed by atoms with Gasteiger partial charge >= 0.3 is 5.97 Å². The highest BCUT2D eigenvalue weighted by atomic mass is 16.4. The highest BCUT2D eigenvalue weighted by Gasteiger charge is 2.22. The number of anilines is 1. The third-order valence-electron chi connectivity index (χ3n) is 3.23. The molecule has 1 unspecified atom stereocenters. The van der Waals surface area contributed by atoms with Gasteiger partial charge in [0.15, 0.2) is 0 Å². The normalized spacial score (nSPS) is 12.5. The van der Waals surface area contributed by atoms with Gasteiger partial charge in [-0.25, -0.2) is 0 Å². The van der Waals surface area contributed by atoms with E-state index in [0.29, 0.717) is 6.54 Å². The maximum atomic E-state index is 12.5. The number of benzene rings is 1. The fourth-order valence-electron chi connectivity index (χ4n) is 2.24. The second kappa shape index (κ2) is 7.78. The molecule has 21 heavy (non-hydrogen) atoms. The van der Waals surface area contributed by atoms with Crippen LogP contribution in [0.25, 0.3) is 0 Å². The van der Waals surface area contributed by atoms with E-state index in [1.54, 1.807) is 23.8 Å². The van der Waals surface area contributed by atoms with Crippen molar-refractivity contribution in [2.24, 2.45) is 5.92 Å². The van der Waals surface area contributed by atoms with Crippen molar-refractivity contribution in [3.05, 3.63) is 30.3 Å². The van der Waals surface area contributed by atoms with E-state index in [1.807, 2.05) is 44.2 Å². The van der Waals surface area contributed by atoms with E-state index in [2.05, 4.69) is 0 Å². The summed E-state index contributed by atoms with van der Waals surface area (Å²) in [6.45, 7) is 6.11. The van der Waals surface area contributed by atoms with Crippen molar-refractivity contribution in [3.8, 4) is 0 Å². The van der Waals surface area contributed by atoms with Crippen LogP contribution in [0.2, 0.25) is 0 Å². The summed E-state index contributed by atoms with van der Waals surface area (Å²) >= 11 is 0. The molecule has 0 saturated carbocycles. The van der Waals surface area contributed by atoms with Gasteiger partial charge in [-0.2, -0.15) is 0 Å². The van der Waals surface area contributed by atoms with Crippen LogP contribution in [0.1, 0.15) is 20.8 Å². The van der Waals surface area contributed by atoms with E-state index < -0.39 is 11.9 Å². The van der Waals surface area contributed by atoms with E-state index in [4.69, 9.17) is 5.11 Å². The summed E-state index contributed by atoms with van der Waals surface area (Å²) in [6, 6.07) is 9.55. The minimum Gasteiger partial charge on any atom is -0.481 e. The number of likely N-dealkylation sites (N-methyl/N-ethyl adjacent to an activating group) is 1. The van der Waals surface area contributed by atoms with E-state index in [9.17, 15) is 9.59 Å². The molecule has 0 bridgehead atoms. The molecule has 1 atom stereocenters. The third kappa shape index (κ3) is 5.19. The summed E-state index contributed by atoms with van der Waals surface area (Å²) in [7, 11) is 1.76. The average Bonchev–Trinajstić information content (AvgIpc) is 2.39. The summed E-state index contributed by atoms with van der Waals surface area (Å²) in [6.07, 6.45) is 0. The Labute approximate surface area is 126 Å². The van der Waals surface area contributed by atoms with Gasteiger partial charge in [0, 0.05) is 18.3 Å². The van der Waals surface area contributed by atoms with Crippen LogP contribution in [0.3, 0.4) is 0 Å². The van der Waals surface area contributed by atoms with Gasteiger partial charge in [-0.15, -0.1) is 0 Å². The Kier molecular flexibility index (Phi) is 6.37. The SMILES string of the molecule is CC(CN(C)CC(=O)N(c1ccccc1)C(C)C)C(=O)O. The minimum absolute atomic E-state index is 0.0312. The van der Waals surface area contributed by atoms with Crippen LogP contribution in [0.4, 0.5) is 5.69 Å². The summed E-state index contributed by atoms with van der Waals surface area (Å²) in [4.78, 5) is 26.8. The molecule has 0 aliphatic rings. The van der Waals surface area contributed by atoms with Crippen LogP contribution in [0, 0.1) is 5.92 Å². The number of carboxylic acid groups (broad SMARTS) is 1. The van der Waals surface area contributed by atoms with Crippen molar-refractivity contribution < 1.29 is 14.7 Å². The molecule has 5 nitrogen and oxygen atoms in total. The molecule has 0 spiro atoms. The molecule has 1 aromatic rings. The molecule has 0 aromatic heterocycles. The molecule has 0 radical (unpaired) electrons. The summed E-state index contributed by atoms with van der Waals surface area (Å²) in [5.41, 5.74) is 0.859. The number of amides is 1. The zero-order chi connectivity index (χ0) is 16.0. The van der Waals surface area contributed by atoms with Crippen LogP contribution < -0.4 is 4.90 Å². The van der Waals surface area contributed by atoms with Gasteiger partial charge in [0.1, 0.15) is 0 Å². The number of carbonyl (C=O) groups is 2. The number of para-hydroxylation sites is 1. The maximum Gasteiger partial charge on any atom is 0.307 e. The highest BCUT2D eigenvalue weighted by Crippen LogP contribution is 2.17. The zero-order valence-electron chi connectivity index (χ0n) is 13.1. The molecule has 0 aliphatic carbocycles. The van der Waals surface area contributed by atoms with Crippen molar-refractivity contribution in [1.29, 1.82) is 0 Å². The van der Waals surface area contributed by atoms with Gasteiger partial charge in [0.2, 0.25) is 5.91 Å². The quantitative estimate of drug-likeness (QED) is 0.836. The predicted octanol–water partition coefficient (Wildman–Crippen LogP) is 2.08. The van der Waals surface area contributed by atoms with Crippen LogP contribution in [0.5, 0.6) is 0 Å². The molecular formula is C16H24N2O3. The van der Waals surface area contributed by atoms with Crippen molar-refractivity contribution in [3.63, 3.8) is 0 Å². The molecule has 1 aromatic carbocycles. The Bertz CT molecular complexity index is 474. The average molecular weight is 292 g/mol. The van der Waals surface area contributed by atoms with Crippen LogP contribution in [-0.4, -0.2) is 48.1 Å². The first-order chi connectivity index (χ1) is 9.82. The molecule has 5 heteroatoms. The lowest BCUT2D eigenvalue weighted by Crippen LogP contribution is -2.44. The minimum atomic E-state index is -0.849. The standard InChI is InChI=1S/C16H24N2O3/c1-12(2)18(14-8-6-5-7-9-14)15(19)11-17(4)10-13(3)16(20)21/h5-9,12-13H,10-11H2,1-4H3,(H,20,21). The first-order valence-electron chi connectivity index (χ1n) is 7.11. The number of hydrogen-bond acceptors (Lipinski definition) is 3. The lowest BCUT2D eigenvalue weighted by molar-refractivity contribution is -0.142. The van der Waals surface area contributed by atoms with Crippen LogP contribution in [0.15, 0.2) is 30.3 Å². The van der Waals surface area contributed by atoms with E-state index in [0.717, 1.165) is 5.69 Å². The zero-order valence-corrected chi connectivity index (χ0v) is 13.1. The fourth-order valence-corrected chi connectivity index (χ4v) is 2.24. The van der Waals surface area contributed by atoms with Gasteiger partial charge in [-0.3, -0.25) is 14.5 Å². The Morgan fingerprint density at radius 2 is 1.71 bits per heavy atom. The number of rotatable bonds is 7. The van der Waals surface area contributed by atoms with Gasteiger partial charge in [-0.05, 0) is 33.0 Å². The summed E-state index contributed by atoms with van der Waals surface area (Å²) in [5, 5.41) is 8.92. The van der Waals surface area contributed by atoms with Gasteiger partial charge < -0.3 is 10.0 Å². The van der Waals surface area contributed by atoms with Gasteiger partial charge in [0.25, 0.3) is 0 Å². The molecule has 1 N–H and O–H groups in total. The number of nitrogens with zero attached hydrogens (tertiary/aromatic N) is 2. The number of carbonyl (C=O) groups excluding carboxylic acids is 1. The van der Waals surface area contributed by atoms with E-state index in [-0.39, 0.29) is 18.5 Å². The molecule has 1 rings (SSSR count). The predicted molar refractivity (Wildman–Crippen MR) is 83.4 cm³/mol. The monoisotopic (exact) mass is 292 g/mol. The van der Waals surface area contributed by atoms with Crippen LogP contribution in [-0.2, 0) is 9.59 Å². The van der Waals surface area contributed by atoms with Crippen molar-refractivity contribution in [2.75, 3.05) is 25.0 Å². The molecule has 0 heterocycles. The molecule has 0 aliphatic heterocycles. The number of hydrogen-bond donors (Lipinski definition) is 1. The van der Waals surface area contributed by atoms with Gasteiger partial charge in [-0.1, -0.05) is 25.1 Å². The number of aliphatic carboxylic acids is 1. The highest BCUT2D eigenvalue weighted by molar-refractivity contribution is 5.95. The Morgan fingerprint density at radius 1 is 1.14 bits per heavy atom. The summed E-state index contributed by atoms with van der Waals surface area (Å²) < 4.78 is 0. The molecular weight excluding hydrogens is 268 g/mol. The largest absolute Gasteiger partial charge is 0.481 e. The fraction of sp³-hybridized carbons (Fsp3) is 0.500. The third-order valence-corrected chi connectivity index (χ3v) is 3.23. The molecule has 0 fully saturated rings. The van der Waals surface area contributed by atoms with Crippen LogP contribution >= 0.6 is 0 Å². The molecule has 0 saturated heterocycles. The lowest BCUT2D eigenvalue weighted by atomic mass is 10.1. The topological polar surface area (TPSA) is 60.9 Å². The van der Waals surface area contributed by atoms with Crippen molar-refractivity contribution in [2.45, 2.75) is 26.8 Å². The Morgan fingerprint density at radius 3 is 2.19 bits per heavy atom. The second-order valence-electron chi connectivity index (χ2n) is 5.63. The Hall–Kier alpha value is -1.88. The first kappa shape index (κ1) is 17.2. The van der Waals surface area contributed by atoms with Gasteiger partial charge in [0.05, 0.1) is 12.5 Å². The Balaban J connectivity index is 2.73. The maximum absolute atomic E-state index is 12.5. The van der Waals surface area contributed by atoms with E-state index in [1.165, 1.54) is 0 Å². The summed E-state index contributed by atoms with van der Waals surface area (Å²) in [5.74, 6) is -1.37. The number of carboxylic acids is 1. The smallest absolute Gasteiger partial charge is 0.307 e. The molecule has 1 amide bonds. The van der Waals surface area contributed by atoms with E-state index >= 15 is 0 Å². The first-order valence-corrected chi connectivity index (χ1v) is 7.11. The van der Waals surface area contributed by atoms with Crippen molar-refractivity contribution in [1.82, 2.24) is 4.90 Å². The second-order valence-corrected chi connectivity index (χ2v) is 5.63.